The van der Waals surface area contributed by atoms with Crippen LogP contribution in [0.25, 0.3) is 22.3 Å². The molecule has 2 aromatic heterocycles. The Morgan fingerprint density at radius 2 is 2.05 bits per heavy atom. The molecule has 0 saturated heterocycles. The zero-order valence-corrected chi connectivity index (χ0v) is 11.2. The van der Waals surface area contributed by atoms with Gasteiger partial charge in [-0.1, -0.05) is 0 Å². The van der Waals surface area contributed by atoms with Gasteiger partial charge in [0.2, 0.25) is 0 Å². The first-order valence-corrected chi connectivity index (χ1v) is 6.68. The number of carboxylic acid groups (broad SMARTS) is 1. The number of nitrogens with zero attached hydrogens (tertiary/aromatic N) is 2. The Morgan fingerprint density at radius 1 is 1.25 bits per heavy atom. The van der Waals surface area contributed by atoms with E-state index in [9.17, 15) is 14.3 Å². The summed E-state index contributed by atoms with van der Waals surface area (Å²) in [4.78, 5) is 19.9. The van der Waals surface area contributed by atoms with E-state index < -0.39 is 11.8 Å². The van der Waals surface area contributed by atoms with Crippen molar-refractivity contribution in [3.05, 3.63) is 46.0 Å². The predicted molar refractivity (Wildman–Crippen MR) is 74.5 cm³/mol. The van der Waals surface area contributed by atoms with E-state index in [1.54, 1.807) is 5.38 Å². The minimum atomic E-state index is -1.07. The second kappa shape index (κ2) is 4.64. The Morgan fingerprint density at radius 3 is 2.70 bits per heavy atom. The summed E-state index contributed by atoms with van der Waals surface area (Å²) in [6, 6.07) is 5.35. The molecule has 0 spiro atoms. The van der Waals surface area contributed by atoms with Gasteiger partial charge in [-0.3, -0.25) is 0 Å². The number of aromatic nitrogens is 2. The SMILES string of the molecule is Cc1nc(-c2cc(C(=O)O)c3ccc(F)cc3n2)cs1. The van der Waals surface area contributed by atoms with E-state index in [-0.39, 0.29) is 5.56 Å². The molecular formula is C14H9FN2O2S. The predicted octanol–water partition coefficient (Wildman–Crippen LogP) is 3.50. The fourth-order valence-corrected chi connectivity index (χ4v) is 2.60. The lowest BCUT2D eigenvalue weighted by Crippen LogP contribution is -2.00. The minimum Gasteiger partial charge on any atom is -0.478 e. The molecule has 0 radical (unpaired) electrons. The van der Waals surface area contributed by atoms with Gasteiger partial charge in [-0.05, 0) is 25.1 Å². The topological polar surface area (TPSA) is 63.1 Å². The first-order valence-electron chi connectivity index (χ1n) is 5.81. The number of fused-ring (bicyclic) bond motifs is 1. The average Bonchev–Trinajstić information content (AvgIpc) is 2.83. The van der Waals surface area contributed by atoms with Crippen molar-refractivity contribution in [3.8, 4) is 11.4 Å². The Balaban J connectivity index is 2.32. The largest absolute Gasteiger partial charge is 0.478 e. The smallest absolute Gasteiger partial charge is 0.336 e. The Kier molecular flexibility index (Phi) is 2.94. The van der Waals surface area contributed by atoms with E-state index >= 15 is 0 Å². The lowest BCUT2D eigenvalue weighted by atomic mass is 10.1. The number of carboxylic acids is 1. The molecule has 3 aromatic rings. The van der Waals surface area contributed by atoms with Gasteiger partial charge < -0.3 is 5.11 Å². The number of aryl methyl sites for hydroxylation is 1. The number of thiazole rings is 1. The molecule has 4 nitrogen and oxygen atoms in total. The van der Waals surface area contributed by atoms with Crippen LogP contribution in [0.3, 0.4) is 0 Å². The summed E-state index contributed by atoms with van der Waals surface area (Å²) in [6.45, 7) is 1.85. The summed E-state index contributed by atoms with van der Waals surface area (Å²) < 4.78 is 13.3. The lowest BCUT2D eigenvalue weighted by Gasteiger charge is -2.05. The maximum atomic E-state index is 13.3. The van der Waals surface area contributed by atoms with Crippen LogP contribution < -0.4 is 0 Å². The van der Waals surface area contributed by atoms with Crippen LogP contribution in [-0.4, -0.2) is 21.0 Å². The molecule has 0 saturated carbocycles. The summed E-state index contributed by atoms with van der Waals surface area (Å²) in [5.74, 6) is -1.52. The third-order valence-corrected chi connectivity index (χ3v) is 3.66. The van der Waals surface area contributed by atoms with Crippen molar-refractivity contribution >= 4 is 28.2 Å². The summed E-state index contributed by atoms with van der Waals surface area (Å²) in [7, 11) is 0. The first kappa shape index (κ1) is 12.7. The third kappa shape index (κ3) is 2.14. The number of carbonyl (C=O) groups is 1. The molecule has 3 rings (SSSR count). The Hall–Kier alpha value is -2.34. The second-order valence-corrected chi connectivity index (χ2v) is 5.34. The number of aromatic carboxylic acids is 1. The van der Waals surface area contributed by atoms with Crippen molar-refractivity contribution in [2.45, 2.75) is 6.92 Å². The number of hydrogen-bond donors (Lipinski definition) is 1. The van der Waals surface area contributed by atoms with Gasteiger partial charge in [0, 0.05) is 16.8 Å². The zero-order chi connectivity index (χ0) is 14.3. The van der Waals surface area contributed by atoms with E-state index in [4.69, 9.17) is 0 Å². The molecule has 1 aromatic carbocycles. The quantitative estimate of drug-likeness (QED) is 0.784. The van der Waals surface area contributed by atoms with Gasteiger partial charge in [-0.2, -0.15) is 0 Å². The maximum Gasteiger partial charge on any atom is 0.336 e. The van der Waals surface area contributed by atoms with E-state index in [0.717, 1.165) is 5.01 Å². The van der Waals surface area contributed by atoms with Crippen LogP contribution in [0.5, 0.6) is 0 Å². The van der Waals surface area contributed by atoms with E-state index in [2.05, 4.69) is 9.97 Å². The zero-order valence-electron chi connectivity index (χ0n) is 10.4. The summed E-state index contributed by atoms with van der Waals surface area (Å²) in [5.41, 5.74) is 1.44. The molecule has 100 valence electrons. The summed E-state index contributed by atoms with van der Waals surface area (Å²) >= 11 is 1.45. The standard InChI is InChI=1S/C14H9FN2O2S/c1-7-16-13(6-20-7)12-5-10(14(18)19)9-3-2-8(15)4-11(9)17-12/h2-6H,1H3,(H,18,19). The normalized spacial score (nSPS) is 10.9. The number of halogens is 1. The monoisotopic (exact) mass is 288 g/mol. The van der Waals surface area contributed by atoms with Gasteiger partial charge in [0.25, 0.3) is 0 Å². The molecule has 0 atom stereocenters. The average molecular weight is 288 g/mol. The molecule has 0 fully saturated rings. The molecule has 0 aliphatic rings. The highest BCUT2D eigenvalue weighted by Crippen LogP contribution is 2.26. The summed E-state index contributed by atoms with van der Waals surface area (Å²) in [5, 5.41) is 12.4. The van der Waals surface area contributed by atoms with Crippen LogP contribution in [0.15, 0.2) is 29.6 Å². The van der Waals surface area contributed by atoms with Crippen LogP contribution in [-0.2, 0) is 0 Å². The fraction of sp³-hybridized carbons (Fsp3) is 0.0714. The number of hydrogen-bond acceptors (Lipinski definition) is 4. The van der Waals surface area contributed by atoms with Crippen molar-refractivity contribution in [1.82, 2.24) is 9.97 Å². The van der Waals surface area contributed by atoms with Crippen molar-refractivity contribution in [2.75, 3.05) is 0 Å². The molecule has 6 heteroatoms. The second-order valence-electron chi connectivity index (χ2n) is 4.27. The molecule has 20 heavy (non-hydrogen) atoms. The van der Waals surface area contributed by atoms with Crippen molar-refractivity contribution in [2.24, 2.45) is 0 Å². The molecule has 0 aliphatic carbocycles. The molecular weight excluding hydrogens is 279 g/mol. The first-order chi connectivity index (χ1) is 9.54. The highest BCUT2D eigenvalue weighted by Gasteiger charge is 2.14. The van der Waals surface area contributed by atoms with Crippen LogP contribution >= 0.6 is 11.3 Å². The highest BCUT2D eigenvalue weighted by atomic mass is 32.1. The molecule has 0 unspecified atom stereocenters. The van der Waals surface area contributed by atoms with Crippen LogP contribution in [0.1, 0.15) is 15.4 Å². The highest BCUT2D eigenvalue weighted by molar-refractivity contribution is 7.09. The van der Waals surface area contributed by atoms with E-state index in [0.29, 0.717) is 22.3 Å². The van der Waals surface area contributed by atoms with Gasteiger partial charge in [0.1, 0.15) is 5.82 Å². The van der Waals surface area contributed by atoms with E-state index in [1.807, 2.05) is 6.92 Å². The lowest BCUT2D eigenvalue weighted by molar-refractivity contribution is 0.0699. The molecule has 0 bridgehead atoms. The fourth-order valence-electron chi connectivity index (χ4n) is 1.99. The number of rotatable bonds is 2. The van der Waals surface area contributed by atoms with Gasteiger partial charge in [-0.25, -0.2) is 19.2 Å². The van der Waals surface area contributed by atoms with Crippen molar-refractivity contribution in [1.29, 1.82) is 0 Å². The van der Waals surface area contributed by atoms with Crippen molar-refractivity contribution in [3.63, 3.8) is 0 Å². The van der Waals surface area contributed by atoms with Gasteiger partial charge in [-0.15, -0.1) is 11.3 Å². The molecule has 0 amide bonds. The third-order valence-electron chi connectivity index (χ3n) is 2.88. The van der Waals surface area contributed by atoms with Crippen LogP contribution in [0, 0.1) is 12.7 Å². The Labute approximate surface area is 117 Å². The molecule has 0 aliphatic heterocycles. The van der Waals surface area contributed by atoms with E-state index in [1.165, 1.54) is 35.6 Å². The van der Waals surface area contributed by atoms with Crippen LogP contribution in [0.2, 0.25) is 0 Å². The Bertz CT molecular complexity index is 829. The van der Waals surface area contributed by atoms with Crippen molar-refractivity contribution < 1.29 is 14.3 Å². The summed E-state index contributed by atoms with van der Waals surface area (Å²) in [6.07, 6.45) is 0. The van der Waals surface area contributed by atoms with Gasteiger partial charge >= 0.3 is 5.97 Å². The maximum absolute atomic E-state index is 13.3. The molecule has 1 N–H and O–H groups in total. The van der Waals surface area contributed by atoms with Gasteiger partial charge in [0.05, 0.1) is 27.5 Å². The van der Waals surface area contributed by atoms with Crippen LogP contribution in [0.4, 0.5) is 4.39 Å². The number of pyridine rings is 1. The number of benzene rings is 1. The minimum absolute atomic E-state index is 0.0932. The molecule has 2 heterocycles. The van der Waals surface area contributed by atoms with Gasteiger partial charge in [0.15, 0.2) is 0 Å².